The smallest absolute Gasteiger partial charge is 0.245 e. The standard InChI is InChI=1S/C19H23N3O4S/c1-13-5-8-16(9-6-13)22(27(4,25)26)12-19(24)21-18-11-14(2)7-10-17(18)20-15(3)23/h5-11H,12H2,1-4H3,(H,20,23)(H,21,24). The average Bonchev–Trinajstić information content (AvgIpc) is 2.55. The number of carbonyl (C=O) groups is 2. The molecule has 0 heterocycles. The average molecular weight is 389 g/mol. The maximum atomic E-state index is 12.5. The lowest BCUT2D eigenvalue weighted by molar-refractivity contribution is -0.115. The van der Waals surface area contributed by atoms with Crippen molar-refractivity contribution in [2.45, 2.75) is 20.8 Å². The Morgan fingerprint density at radius 1 is 0.926 bits per heavy atom. The van der Waals surface area contributed by atoms with Gasteiger partial charge in [-0.05, 0) is 43.7 Å². The van der Waals surface area contributed by atoms with Crippen molar-refractivity contribution in [2.24, 2.45) is 0 Å². The van der Waals surface area contributed by atoms with E-state index in [9.17, 15) is 18.0 Å². The first-order valence-electron chi connectivity index (χ1n) is 8.29. The molecule has 0 aliphatic carbocycles. The predicted molar refractivity (Wildman–Crippen MR) is 107 cm³/mol. The Labute approximate surface area is 159 Å². The second-order valence-corrected chi connectivity index (χ2v) is 8.29. The van der Waals surface area contributed by atoms with Crippen molar-refractivity contribution >= 4 is 38.9 Å². The highest BCUT2D eigenvalue weighted by Crippen LogP contribution is 2.24. The first-order valence-corrected chi connectivity index (χ1v) is 10.1. The third-order valence-electron chi connectivity index (χ3n) is 3.77. The molecule has 0 spiro atoms. The van der Waals surface area contributed by atoms with E-state index < -0.39 is 15.9 Å². The molecule has 0 radical (unpaired) electrons. The second-order valence-electron chi connectivity index (χ2n) is 6.38. The first kappa shape index (κ1) is 20.4. The van der Waals surface area contributed by atoms with Gasteiger partial charge in [0.05, 0.1) is 23.3 Å². The Bertz CT molecular complexity index is 953. The summed E-state index contributed by atoms with van der Waals surface area (Å²) in [6.07, 6.45) is 1.05. The van der Waals surface area contributed by atoms with E-state index in [0.717, 1.165) is 21.7 Å². The number of sulfonamides is 1. The lowest BCUT2D eigenvalue weighted by Crippen LogP contribution is -2.37. The first-order chi connectivity index (χ1) is 12.6. The monoisotopic (exact) mass is 389 g/mol. The van der Waals surface area contributed by atoms with Crippen LogP contribution < -0.4 is 14.9 Å². The fourth-order valence-corrected chi connectivity index (χ4v) is 3.35. The van der Waals surface area contributed by atoms with Crippen LogP contribution in [-0.4, -0.2) is 33.0 Å². The van der Waals surface area contributed by atoms with E-state index >= 15 is 0 Å². The van der Waals surface area contributed by atoms with Crippen LogP contribution in [0.2, 0.25) is 0 Å². The molecule has 0 aliphatic heterocycles. The van der Waals surface area contributed by atoms with E-state index in [1.54, 1.807) is 42.5 Å². The quantitative estimate of drug-likeness (QED) is 0.794. The number of hydrogen-bond donors (Lipinski definition) is 2. The molecule has 0 aliphatic rings. The van der Waals surface area contributed by atoms with Crippen LogP contribution in [0.4, 0.5) is 17.1 Å². The van der Waals surface area contributed by atoms with Gasteiger partial charge in [-0.15, -0.1) is 0 Å². The number of hydrogen-bond acceptors (Lipinski definition) is 4. The number of aryl methyl sites for hydroxylation is 2. The molecule has 0 saturated carbocycles. The van der Waals surface area contributed by atoms with Crippen LogP contribution in [-0.2, 0) is 19.6 Å². The fourth-order valence-electron chi connectivity index (χ4n) is 2.49. The summed E-state index contributed by atoms with van der Waals surface area (Å²) in [5.41, 5.74) is 3.13. The van der Waals surface area contributed by atoms with E-state index in [1.807, 2.05) is 13.8 Å². The number of benzene rings is 2. The van der Waals surface area contributed by atoms with Gasteiger partial charge < -0.3 is 10.6 Å². The van der Waals surface area contributed by atoms with E-state index in [4.69, 9.17) is 0 Å². The molecule has 0 atom stereocenters. The summed E-state index contributed by atoms with van der Waals surface area (Å²) >= 11 is 0. The van der Waals surface area contributed by atoms with E-state index in [2.05, 4.69) is 10.6 Å². The highest BCUT2D eigenvalue weighted by Gasteiger charge is 2.21. The van der Waals surface area contributed by atoms with Gasteiger partial charge in [-0.25, -0.2) is 8.42 Å². The molecule has 0 fully saturated rings. The van der Waals surface area contributed by atoms with Gasteiger partial charge in [0.15, 0.2) is 0 Å². The van der Waals surface area contributed by atoms with Gasteiger partial charge in [-0.3, -0.25) is 13.9 Å². The molecule has 2 N–H and O–H groups in total. The molecule has 7 nitrogen and oxygen atoms in total. The van der Waals surface area contributed by atoms with Crippen LogP contribution in [0.15, 0.2) is 42.5 Å². The van der Waals surface area contributed by atoms with Gasteiger partial charge in [0, 0.05) is 6.92 Å². The van der Waals surface area contributed by atoms with Crippen LogP contribution in [0.25, 0.3) is 0 Å². The van der Waals surface area contributed by atoms with Gasteiger partial charge in [-0.2, -0.15) is 0 Å². The normalized spacial score (nSPS) is 11.0. The van der Waals surface area contributed by atoms with Crippen molar-refractivity contribution in [3.8, 4) is 0 Å². The van der Waals surface area contributed by atoms with E-state index in [-0.39, 0.29) is 12.5 Å². The minimum absolute atomic E-state index is 0.272. The van der Waals surface area contributed by atoms with Gasteiger partial charge in [-0.1, -0.05) is 23.8 Å². The minimum atomic E-state index is -3.65. The minimum Gasteiger partial charge on any atom is -0.325 e. The zero-order valence-corrected chi connectivity index (χ0v) is 16.6. The van der Waals surface area contributed by atoms with Crippen LogP contribution >= 0.6 is 0 Å². The summed E-state index contributed by atoms with van der Waals surface area (Å²) in [6, 6.07) is 12.1. The lowest BCUT2D eigenvalue weighted by atomic mass is 10.2. The molecule has 0 unspecified atom stereocenters. The van der Waals surface area contributed by atoms with Crippen LogP contribution in [0.3, 0.4) is 0 Å². The van der Waals surface area contributed by atoms with Crippen molar-refractivity contribution in [2.75, 3.05) is 27.7 Å². The SMILES string of the molecule is CC(=O)Nc1ccc(C)cc1NC(=O)CN(c1ccc(C)cc1)S(C)(=O)=O. The summed E-state index contributed by atoms with van der Waals surface area (Å²) in [7, 11) is -3.65. The summed E-state index contributed by atoms with van der Waals surface area (Å²) < 4.78 is 25.4. The molecular weight excluding hydrogens is 366 g/mol. The summed E-state index contributed by atoms with van der Waals surface area (Å²) in [6.45, 7) is 4.73. The number of nitrogens with one attached hydrogen (secondary N) is 2. The fraction of sp³-hybridized carbons (Fsp3) is 0.263. The molecule has 8 heteroatoms. The van der Waals surface area contributed by atoms with Gasteiger partial charge in [0.1, 0.15) is 6.54 Å². The van der Waals surface area contributed by atoms with Crippen molar-refractivity contribution in [3.63, 3.8) is 0 Å². The molecule has 2 amide bonds. The largest absolute Gasteiger partial charge is 0.325 e. The van der Waals surface area contributed by atoms with Crippen LogP contribution in [0, 0.1) is 13.8 Å². The Hall–Kier alpha value is -2.87. The number of amides is 2. The molecule has 2 rings (SSSR count). The summed E-state index contributed by atoms with van der Waals surface area (Å²) in [5.74, 6) is -0.787. The van der Waals surface area contributed by atoms with Crippen LogP contribution in [0.1, 0.15) is 18.1 Å². The molecule has 0 aromatic heterocycles. The van der Waals surface area contributed by atoms with Gasteiger partial charge in [0.25, 0.3) is 0 Å². The number of carbonyl (C=O) groups excluding carboxylic acids is 2. The van der Waals surface area contributed by atoms with Crippen LogP contribution in [0.5, 0.6) is 0 Å². The molecule has 2 aromatic carbocycles. The molecule has 144 valence electrons. The Morgan fingerprint density at radius 2 is 1.52 bits per heavy atom. The maximum absolute atomic E-state index is 12.5. The topological polar surface area (TPSA) is 95.6 Å². The molecular formula is C19H23N3O4S. The molecule has 0 saturated heterocycles. The molecule has 2 aromatic rings. The van der Waals surface area contributed by atoms with E-state index in [1.165, 1.54) is 6.92 Å². The van der Waals surface area contributed by atoms with Crippen molar-refractivity contribution < 1.29 is 18.0 Å². The number of nitrogens with zero attached hydrogens (tertiary/aromatic N) is 1. The highest BCUT2D eigenvalue weighted by atomic mass is 32.2. The van der Waals surface area contributed by atoms with E-state index in [0.29, 0.717) is 17.1 Å². The second kappa shape index (κ2) is 8.22. The van der Waals surface area contributed by atoms with Gasteiger partial charge in [0.2, 0.25) is 21.8 Å². The molecule has 27 heavy (non-hydrogen) atoms. The predicted octanol–water partition coefficient (Wildman–Crippen LogP) is 2.67. The third kappa shape index (κ3) is 5.82. The zero-order chi connectivity index (χ0) is 20.2. The summed E-state index contributed by atoms with van der Waals surface area (Å²) in [4.78, 5) is 23.9. The molecule has 0 bridgehead atoms. The Balaban J connectivity index is 2.25. The number of anilines is 3. The Morgan fingerprint density at radius 3 is 2.07 bits per heavy atom. The summed E-state index contributed by atoms with van der Waals surface area (Å²) in [5, 5.41) is 5.32. The van der Waals surface area contributed by atoms with Gasteiger partial charge >= 0.3 is 0 Å². The highest BCUT2D eigenvalue weighted by molar-refractivity contribution is 7.92. The van der Waals surface area contributed by atoms with Crippen molar-refractivity contribution in [3.05, 3.63) is 53.6 Å². The Kier molecular flexibility index (Phi) is 6.22. The van der Waals surface area contributed by atoms with Crippen molar-refractivity contribution in [1.29, 1.82) is 0 Å². The lowest BCUT2D eigenvalue weighted by Gasteiger charge is -2.22. The number of rotatable bonds is 6. The zero-order valence-electron chi connectivity index (χ0n) is 15.7. The third-order valence-corrected chi connectivity index (χ3v) is 4.91. The van der Waals surface area contributed by atoms with Crippen molar-refractivity contribution in [1.82, 2.24) is 0 Å². The maximum Gasteiger partial charge on any atom is 0.245 e.